The molecule has 4 rings (SSSR count). The molecule has 168 valence electrons. The van der Waals surface area contributed by atoms with Crippen molar-refractivity contribution in [2.75, 3.05) is 41.8 Å². The third-order valence-corrected chi connectivity index (χ3v) is 7.14. The number of carbonyl (C=O) groups excluding carboxylic acids is 1. The summed E-state index contributed by atoms with van der Waals surface area (Å²) in [5, 5.41) is 9.84. The Morgan fingerprint density at radius 2 is 1.97 bits per heavy atom. The molecule has 2 fully saturated rings. The number of hydrogen-bond donors (Lipinski definition) is 0. The maximum absolute atomic E-state index is 13.0. The van der Waals surface area contributed by atoms with Gasteiger partial charge in [0.1, 0.15) is 0 Å². The minimum atomic E-state index is 0.0821. The lowest BCUT2D eigenvalue weighted by Gasteiger charge is -2.31. The number of hydrogen-bond acceptors (Lipinski definition) is 6. The van der Waals surface area contributed by atoms with Crippen LogP contribution in [0, 0.1) is 5.92 Å². The standard InChI is InChI=1S/C23H33N5O2S/c1-3-27(19-8-5-4-6-9-19)21(29)17-31-23-25-24-22(26-13-11-18(2)12-14-26)28(23)16-20-10-7-15-30-20/h4-6,8-9,18,20H,3,7,10-17H2,1-2H3. The molecule has 3 heterocycles. The number of aromatic nitrogens is 3. The van der Waals surface area contributed by atoms with Crippen LogP contribution in [0.25, 0.3) is 0 Å². The SMILES string of the molecule is CCN(C(=O)CSc1nnc(N2CCC(C)CC2)n1CC1CCCO1)c1ccccc1. The molecule has 1 aromatic carbocycles. The van der Waals surface area contributed by atoms with Gasteiger partial charge in [-0.1, -0.05) is 36.9 Å². The second-order valence-electron chi connectivity index (χ2n) is 8.46. The average Bonchev–Trinajstić information content (AvgIpc) is 3.45. The highest BCUT2D eigenvalue weighted by molar-refractivity contribution is 7.99. The highest BCUT2D eigenvalue weighted by atomic mass is 32.2. The number of para-hydroxylation sites is 1. The number of piperidine rings is 1. The van der Waals surface area contributed by atoms with Crippen molar-refractivity contribution >= 4 is 29.3 Å². The minimum Gasteiger partial charge on any atom is -0.376 e. The summed E-state index contributed by atoms with van der Waals surface area (Å²) < 4.78 is 8.08. The Morgan fingerprint density at radius 1 is 1.19 bits per heavy atom. The van der Waals surface area contributed by atoms with Gasteiger partial charge in [0.2, 0.25) is 11.9 Å². The van der Waals surface area contributed by atoms with Crippen molar-refractivity contribution in [3.8, 4) is 0 Å². The Kier molecular flexibility index (Phi) is 7.50. The fourth-order valence-electron chi connectivity index (χ4n) is 4.30. The van der Waals surface area contributed by atoms with Crippen LogP contribution in [0.5, 0.6) is 0 Å². The number of benzene rings is 1. The first-order valence-electron chi connectivity index (χ1n) is 11.4. The molecule has 1 atom stereocenters. The lowest BCUT2D eigenvalue weighted by molar-refractivity contribution is -0.116. The van der Waals surface area contributed by atoms with Gasteiger partial charge in [-0.25, -0.2) is 0 Å². The molecule has 0 saturated carbocycles. The highest BCUT2D eigenvalue weighted by Crippen LogP contribution is 2.28. The van der Waals surface area contributed by atoms with Crippen LogP contribution in [-0.4, -0.2) is 58.8 Å². The lowest BCUT2D eigenvalue weighted by Crippen LogP contribution is -2.35. The van der Waals surface area contributed by atoms with Gasteiger partial charge in [-0.3, -0.25) is 9.36 Å². The van der Waals surface area contributed by atoms with Crippen LogP contribution in [0.15, 0.2) is 35.5 Å². The fraction of sp³-hybridized carbons (Fsp3) is 0.609. The monoisotopic (exact) mass is 443 g/mol. The van der Waals surface area contributed by atoms with E-state index < -0.39 is 0 Å². The molecule has 2 saturated heterocycles. The Balaban J connectivity index is 1.48. The third-order valence-electron chi connectivity index (χ3n) is 6.18. The van der Waals surface area contributed by atoms with Gasteiger partial charge in [0.25, 0.3) is 0 Å². The topological polar surface area (TPSA) is 63.5 Å². The molecule has 8 heteroatoms. The van der Waals surface area contributed by atoms with E-state index in [1.165, 1.54) is 24.6 Å². The molecule has 0 N–H and O–H groups in total. The van der Waals surface area contributed by atoms with Crippen LogP contribution >= 0.6 is 11.8 Å². The number of ether oxygens (including phenoxy) is 1. The van der Waals surface area contributed by atoms with Gasteiger partial charge in [-0.05, 0) is 50.7 Å². The van der Waals surface area contributed by atoms with Crippen LogP contribution in [0.2, 0.25) is 0 Å². The Hall–Kier alpha value is -2.06. The van der Waals surface area contributed by atoms with Gasteiger partial charge in [0.15, 0.2) is 5.16 Å². The molecule has 0 aliphatic carbocycles. The Bertz CT molecular complexity index is 845. The van der Waals surface area contributed by atoms with E-state index in [9.17, 15) is 4.79 Å². The van der Waals surface area contributed by atoms with E-state index in [2.05, 4.69) is 26.6 Å². The summed E-state index contributed by atoms with van der Waals surface area (Å²) in [5.41, 5.74) is 0.930. The molecule has 0 spiro atoms. The van der Waals surface area contributed by atoms with E-state index in [-0.39, 0.29) is 12.0 Å². The molecular weight excluding hydrogens is 410 g/mol. The average molecular weight is 444 g/mol. The van der Waals surface area contributed by atoms with Crippen LogP contribution in [0.1, 0.15) is 39.5 Å². The summed E-state index contributed by atoms with van der Waals surface area (Å²) in [6.07, 6.45) is 4.72. The van der Waals surface area contributed by atoms with E-state index in [1.54, 1.807) is 0 Å². The summed E-state index contributed by atoms with van der Waals surface area (Å²) in [6.45, 7) is 8.55. The van der Waals surface area contributed by atoms with Gasteiger partial charge in [0.05, 0.1) is 18.4 Å². The largest absolute Gasteiger partial charge is 0.376 e. The van der Waals surface area contributed by atoms with Crippen molar-refractivity contribution in [1.29, 1.82) is 0 Å². The highest BCUT2D eigenvalue weighted by Gasteiger charge is 2.26. The number of nitrogens with zero attached hydrogens (tertiary/aromatic N) is 5. The number of thioether (sulfide) groups is 1. The van der Waals surface area contributed by atoms with Gasteiger partial charge < -0.3 is 14.5 Å². The molecule has 0 bridgehead atoms. The maximum Gasteiger partial charge on any atom is 0.237 e. The van der Waals surface area contributed by atoms with Gasteiger partial charge in [-0.15, -0.1) is 10.2 Å². The fourth-order valence-corrected chi connectivity index (χ4v) is 5.12. The van der Waals surface area contributed by atoms with Gasteiger partial charge in [0, 0.05) is 31.9 Å². The quantitative estimate of drug-likeness (QED) is 0.578. The first-order valence-corrected chi connectivity index (χ1v) is 12.4. The molecule has 1 aromatic heterocycles. The van der Waals surface area contributed by atoms with Crippen LogP contribution in [0.4, 0.5) is 11.6 Å². The molecule has 0 radical (unpaired) electrons. The Morgan fingerprint density at radius 3 is 2.65 bits per heavy atom. The zero-order valence-corrected chi connectivity index (χ0v) is 19.4. The van der Waals surface area contributed by atoms with Gasteiger partial charge >= 0.3 is 0 Å². The van der Waals surface area contributed by atoms with Crippen molar-refractivity contribution in [3.63, 3.8) is 0 Å². The predicted molar refractivity (Wildman–Crippen MR) is 125 cm³/mol. The van der Waals surface area contributed by atoms with Crippen molar-refractivity contribution in [2.24, 2.45) is 5.92 Å². The molecule has 31 heavy (non-hydrogen) atoms. The molecule has 1 amide bonds. The normalized spacial score (nSPS) is 19.7. The molecular formula is C23H33N5O2S. The zero-order chi connectivity index (χ0) is 21.6. The van der Waals surface area contributed by atoms with Crippen molar-refractivity contribution < 1.29 is 9.53 Å². The molecule has 2 aliphatic rings. The first-order chi connectivity index (χ1) is 15.2. The van der Waals surface area contributed by atoms with Crippen molar-refractivity contribution in [2.45, 2.75) is 57.3 Å². The minimum absolute atomic E-state index is 0.0821. The van der Waals surface area contributed by atoms with Crippen molar-refractivity contribution in [3.05, 3.63) is 30.3 Å². The maximum atomic E-state index is 13.0. The molecule has 7 nitrogen and oxygen atoms in total. The number of anilines is 2. The van der Waals surface area contributed by atoms with E-state index >= 15 is 0 Å². The number of carbonyl (C=O) groups is 1. The zero-order valence-electron chi connectivity index (χ0n) is 18.6. The predicted octanol–water partition coefficient (Wildman–Crippen LogP) is 3.84. The molecule has 2 aliphatic heterocycles. The third kappa shape index (κ3) is 5.41. The Labute approximate surface area is 189 Å². The number of rotatable bonds is 8. The van der Waals surface area contributed by atoms with E-state index in [0.717, 1.165) is 61.8 Å². The number of amides is 1. The van der Waals surface area contributed by atoms with Crippen LogP contribution < -0.4 is 9.80 Å². The van der Waals surface area contributed by atoms with Crippen LogP contribution in [-0.2, 0) is 16.1 Å². The smallest absolute Gasteiger partial charge is 0.237 e. The summed E-state index contributed by atoms with van der Waals surface area (Å²) in [7, 11) is 0. The van der Waals surface area contributed by atoms with E-state index in [0.29, 0.717) is 12.3 Å². The molecule has 2 aromatic rings. The summed E-state index contributed by atoms with van der Waals surface area (Å²) >= 11 is 1.48. The second kappa shape index (κ2) is 10.5. The first kappa shape index (κ1) is 22.1. The summed E-state index contributed by atoms with van der Waals surface area (Å²) in [6, 6.07) is 9.83. The lowest BCUT2D eigenvalue weighted by atomic mass is 10.00. The molecule has 1 unspecified atom stereocenters. The van der Waals surface area contributed by atoms with E-state index in [4.69, 9.17) is 4.74 Å². The summed E-state index contributed by atoms with van der Waals surface area (Å²) in [5.74, 6) is 2.10. The van der Waals surface area contributed by atoms with Gasteiger partial charge in [-0.2, -0.15) is 0 Å². The second-order valence-corrected chi connectivity index (χ2v) is 9.40. The van der Waals surface area contributed by atoms with E-state index in [1.807, 2.05) is 42.2 Å². The van der Waals surface area contributed by atoms with Crippen molar-refractivity contribution in [1.82, 2.24) is 14.8 Å². The van der Waals surface area contributed by atoms with Crippen LogP contribution in [0.3, 0.4) is 0 Å². The summed E-state index contributed by atoms with van der Waals surface area (Å²) in [4.78, 5) is 17.1.